The van der Waals surface area contributed by atoms with Gasteiger partial charge in [0.25, 0.3) is 11.8 Å². The molecule has 0 bridgehead atoms. The zero-order valence-corrected chi connectivity index (χ0v) is 30.4. The fourth-order valence-corrected chi connectivity index (χ4v) is 6.56. The Kier molecular flexibility index (Phi) is 10.9. The highest BCUT2D eigenvalue weighted by Gasteiger charge is 2.58. The van der Waals surface area contributed by atoms with Crippen molar-refractivity contribution in [3.63, 3.8) is 0 Å². The zero-order chi connectivity index (χ0) is 38.0. The van der Waals surface area contributed by atoms with Gasteiger partial charge in [0.15, 0.2) is 17.5 Å². The fraction of sp³-hybridized carbons (Fsp3) is 0.500. The standard InChI is InChI=1S/C30H38N8O12S2/c1-29(2,3)49-27(41)34-26-32-20(16-51-26)22(24(39)33-23-25(40)38(30(23,4)5)50-52(44,45)46)35-48-12-11-47-18-8-9-21-31-19(15-37(21)14-18)17-7-6-10-36(13-17)28(42)43/h8-9,14-17,23H,6-7,10-13H2,1-5H3,(H,33,39)(H,42,43)(H,32,34,41)(H,44,45,46)/b35-22-/t17-,23+/m0/s1. The molecule has 2 fully saturated rings. The largest absolute Gasteiger partial charge is 0.488 e. The number of nitrogens with zero attached hydrogens (tertiary/aromatic N) is 6. The molecule has 0 spiro atoms. The number of ether oxygens (including phenoxy) is 2. The summed E-state index contributed by atoms with van der Waals surface area (Å²) in [6.07, 6.45) is 3.40. The summed E-state index contributed by atoms with van der Waals surface area (Å²) < 4.78 is 48.6. The molecule has 0 saturated carbocycles. The minimum atomic E-state index is -5.02. The van der Waals surface area contributed by atoms with Crippen LogP contribution in [0.25, 0.3) is 5.65 Å². The van der Waals surface area contributed by atoms with Crippen molar-refractivity contribution in [2.75, 3.05) is 31.6 Å². The van der Waals surface area contributed by atoms with Crippen LogP contribution in [0, 0.1) is 0 Å². The maximum absolute atomic E-state index is 13.4. The van der Waals surface area contributed by atoms with Crippen molar-refractivity contribution in [2.24, 2.45) is 5.16 Å². The maximum atomic E-state index is 13.4. The number of thiazole rings is 1. The molecular weight excluding hydrogens is 729 g/mol. The van der Waals surface area contributed by atoms with Gasteiger partial charge in [-0.3, -0.25) is 19.5 Å². The van der Waals surface area contributed by atoms with E-state index < -0.39 is 51.6 Å². The van der Waals surface area contributed by atoms with Gasteiger partial charge in [0.2, 0.25) is 0 Å². The number of carbonyl (C=O) groups excluding carboxylic acids is 3. The monoisotopic (exact) mass is 766 g/mol. The smallest absolute Gasteiger partial charge is 0.418 e. The van der Waals surface area contributed by atoms with Crippen LogP contribution in [0.15, 0.2) is 35.1 Å². The number of carbonyl (C=O) groups is 4. The Bertz CT molecular complexity index is 1990. The predicted molar refractivity (Wildman–Crippen MR) is 182 cm³/mol. The number of likely N-dealkylation sites (tertiary alicyclic amines) is 1. The topological polar surface area (TPSA) is 253 Å². The third-order valence-electron chi connectivity index (χ3n) is 7.84. The number of piperidine rings is 1. The molecule has 2 aliphatic rings. The molecule has 4 amide bonds. The number of rotatable bonds is 12. The van der Waals surface area contributed by atoms with Crippen LogP contribution in [0.5, 0.6) is 5.75 Å². The van der Waals surface area contributed by atoms with E-state index in [1.54, 1.807) is 43.5 Å². The molecule has 2 aliphatic heterocycles. The van der Waals surface area contributed by atoms with Gasteiger partial charge in [0.1, 0.15) is 35.3 Å². The Morgan fingerprint density at radius 1 is 1.15 bits per heavy atom. The number of β-lactam (4-membered cyclic amide) rings is 1. The van der Waals surface area contributed by atoms with Crippen LogP contribution >= 0.6 is 11.3 Å². The molecule has 0 unspecified atom stereocenters. The highest BCUT2D eigenvalue weighted by atomic mass is 32.3. The number of aromatic nitrogens is 3. The number of hydrogen-bond acceptors (Lipinski definition) is 14. The summed E-state index contributed by atoms with van der Waals surface area (Å²) in [7, 11) is -5.02. The first-order valence-electron chi connectivity index (χ1n) is 15.9. The Balaban J connectivity index is 1.25. The van der Waals surface area contributed by atoms with Gasteiger partial charge in [-0.05, 0) is 59.6 Å². The molecule has 22 heteroatoms. The molecule has 3 aromatic heterocycles. The van der Waals surface area contributed by atoms with E-state index in [2.05, 4.69) is 30.0 Å². The van der Waals surface area contributed by atoms with E-state index in [-0.39, 0.29) is 35.7 Å². The highest BCUT2D eigenvalue weighted by Crippen LogP contribution is 2.33. The van der Waals surface area contributed by atoms with Crippen molar-refractivity contribution >= 4 is 62.2 Å². The van der Waals surface area contributed by atoms with Gasteiger partial charge in [0.05, 0.1) is 17.4 Å². The Labute approximate surface area is 301 Å². The lowest BCUT2D eigenvalue weighted by Gasteiger charge is -2.50. The second kappa shape index (κ2) is 14.9. The number of nitrogens with one attached hydrogen (secondary N) is 2. The maximum Gasteiger partial charge on any atom is 0.418 e. The van der Waals surface area contributed by atoms with Crippen LogP contribution in [0.3, 0.4) is 0 Å². The van der Waals surface area contributed by atoms with Crippen molar-refractivity contribution in [3.8, 4) is 5.75 Å². The summed E-state index contributed by atoms with van der Waals surface area (Å²) in [5.41, 5.74) is -1.16. The first-order chi connectivity index (χ1) is 24.3. The van der Waals surface area contributed by atoms with E-state index in [1.165, 1.54) is 24.1 Å². The van der Waals surface area contributed by atoms with Gasteiger partial charge >= 0.3 is 22.6 Å². The summed E-state index contributed by atoms with van der Waals surface area (Å²) in [4.78, 5) is 65.4. The SMILES string of the molecule is CC(C)(C)OC(=O)Nc1nc(/C(=N/OCCOc2ccc3nc([C@H]4CCCN(C(=O)O)C4)cn3c2)C(=O)N[C@@H]2C(=O)N(OS(=O)(=O)O)C2(C)C)cs1. The van der Waals surface area contributed by atoms with Crippen LogP contribution in [0.1, 0.15) is 64.8 Å². The third kappa shape index (κ3) is 9.23. The van der Waals surface area contributed by atoms with Crippen molar-refractivity contribution in [1.82, 2.24) is 29.6 Å². The summed E-state index contributed by atoms with van der Waals surface area (Å²) in [5.74, 6) is -1.44. The van der Waals surface area contributed by atoms with Gasteiger partial charge in [-0.2, -0.15) is 13.5 Å². The highest BCUT2D eigenvalue weighted by molar-refractivity contribution is 7.80. The molecule has 3 aromatic rings. The Morgan fingerprint density at radius 3 is 2.58 bits per heavy atom. The zero-order valence-electron chi connectivity index (χ0n) is 28.8. The molecule has 0 radical (unpaired) electrons. The van der Waals surface area contributed by atoms with Gasteiger partial charge < -0.3 is 34.0 Å². The number of anilines is 1. The normalized spacial score (nSPS) is 19.2. The molecule has 2 saturated heterocycles. The van der Waals surface area contributed by atoms with Crippen LogP contribution in [0.2, 0.25) is 0 Å². The first-order valence-corrected chi connectivity index (χ1v) is 18.1. The molecule has 20 nitrogen and oxygen atoms in total. The van der Waals surface area contributed by atoms with E-state index in [0.717, 1.165) is 29.9 Å². The molecule has 5 rings (SSSR count). The van der Waals surface area contributed by atoms with Crippen LogP contribution in [-0.2, 0) is 33.8 Å². The minimum Gasteiger partial charge on any atom is -0.488 e. The van der Waals surface area contributed by atoms with Crippen LogP contribution in [0.4, 0.5) is 14.7 Å². The number of oxime groups is 1. The summed E-state index contributed by atoms with van der Waals surface area (Å²) >= 11 is 0.960. The second-order valence-corrected chi connectivity index (χ2v) is 15.2. The summed E-state index contributed by atoms with van der Waals surface area (Å²) in [5, 5.41) is 20.1. The number of amides is 4. The lowest BCUT2D eigenvalue weighted by molar-refractivity contribution is -0.218. The molecule has 52 heavy (non-hydrogen) atoms. The van der Waals surface area contributed by atoms with Crippen molar-refractivity contribution in [1.29, 1.82) is 0 Å². The molecule has 0 aromatic carbocycles. The molecular formula is C30H38N8O12S2. The number of carboxylic acid groups (broad SMARTS) is 1. The quantitative estimate of drug-likeness (QED) is 0.0680. The van der Waals surface area contributed by atoms with E-state index in [1.807, 2.05) is 6.20 Å². The van der Waals surface area contributed by atoms with Gasteiger partial charge in [0, 0.05) is 30.6 Å². The second-order valence-electron chi connectivity index (χ2n) is 13.3. The fourth-order valence-electron chi connectivity index (χ4n) is 5.43. The molecule has 4 N–H and O–H groups in total. The predicted octanol–water partition coefficient (Wildman–Crippen LogP) is 2.63. The Hall–Kier alpha value is -5.06. The van der Waals surface area contributed by atoms with Gasteiger partial charge in [-0.1, -0.05) is 5.16 Å². The summed E-state index contributed by atoms with van der Waals surface area (Å²) in [6, 6.07) is 2.18. The van der Waals surface area contributed by atoms with Gasteiger partial charge in [-0.15, -0.1) is 15.6 Å². The van der Waals surface area contributed by atoms with Crippen molar-refractivity contribution in [3.05, 3.63) is 41.3 Å². The first kappa shape index (κ1) is 38.2. The number of pyridine rings is 1. The van der Waals surface area contributed by atoms with E-state index >= 15 is 0 Å². The number of fused-ring (bicyclic) bond motifs is 1. The van der Waals surface area contributed by atoms with Crippen LogP contribution in [-0.4, -0.2) is 116 Å². The molecule has 2 atom stereocenters. The van der Waals surface area contributed by atoms with E-state index in [0.29, 0.717) is 29.5 Å². The lowest BCUT2D eigenvalue weighted by Crippen LogP contribution is -2.76. The number of hydrogen-bond donors (Lipinski definition) is 4. The number of imidazole rings is 1. The molecule has 282 valence electrons. The number of hydroxylamine groups is 2. The Morgan fingerprint density at radius 2 is 1.90 bits per heavy atom. The van der Waals surface area contributed by atoms with Gasteiger partial charge in [-0.25, -0.2) is 19.6 Å². The van der Waals surface area contributed by atoms with E-state index in [9.17, 15) is 32.7 Å². The molecule has 5 heterocycles. The average molecular weight is 767 g/mol. The average Bonchev–Trinajstić information content (AvgIpc) is 3.69. The van der Waals surface area contributed by atoms with Crippen molar-refractivity contribution < 1.29 is 55.9 Å². The third-order valence-corrected chi connectivity index (χ3v) is 8.94. The minimum absolute atomic E-state index is 0.0136. The lowest BCUT2D eigenvalue weighted by atomic mass is 9.84. The molecule has 0 aliphatic carbocycles. The van der Waals surface area contributed by atoms with Crippen LogP contribution < -0.4 is 15.4 Å². The summed E-state index contributed by atoms with van der Waals surface area (Å²) in [6.45, 7) is 8.55. The van der Waals surface area contributed by atoms with Crippen molar-refractivity contribution in [2.45, 2.75) is 70.6 Å². The van der Waals surface area contributed by atoms with E-state index in [4.69, 9.17) is 18.9 Å².